The van der Waals surface area contributed by atoms with Gasteiger partial charge in [-0.05, 0) is 43.7 Å². The standard InChI is InChI=1S/C14H16BrNS/c1-10-3-8-14(17-10)9-16-11(2)12-4-6-13(15)7-5-12/h3-8,11,16H,9H2,1-2H3/t11-/m1/s1. The number of halogens is 1. The molecule has 0 unspecified atom stereocenters. The predicted octanol–water partition coefficient (Wildman–Crippen LogP) is 4.67. The van der Waals surface area contributed by atoms with E-state index in [1.807, 2.05) is 11.3 Å². The van der Waals surface area contributed by atoms with Crippen molar-refractivity contribution in [2.24, 2.45) is 0 Å². The van der Waals surface area contributed by atoms with E-state index in [9.17, 15) is 0 Å². The monoisotopic (exact) mass is 309 g/mol. The highest BCUT2D eigenvalue weighted by atomic mass is 79.9. The van der Waals surface area contributed by atoms with E-state index in [1.54, 1.807) is 0 Å². The highest BCUT2D eigenvalue weighted by molar-refractivity contribution is 9.10. The summed E-state index contributed by atoms with van der Waals surface area (Å²) in [5.74, 6) is 0. The van der Waals surface area contributed by atoms with Gasteiger partial charge in [-0.15, -0.1) is 11.3 Å². The first-order valence-electron chi connectivity index (χ1n) is 5.69. The van der Waals surface area contributed by atoms with Crippen LogP contribution in [0.25, 0.3) is 0 Å². The number of hydrogen-bond donors (Lipinski definition) is 1. The number of thiophene rings is 1. The van der Waals surface area contributed by atoms with Crippen molar-refractivity contribution in [2.75, 3.05) is 0 Å². The van der Waals surface area contributed by atoms with Crippen molar-refractivity contribution >= 4 is 27.3 Å². The lowest BCUT2D eigenvalue weighted by molar-refractivity contribution is 0.579. The maximum atomic E-state index is 3.54. The third-order valence-electron chi connectivity index (χ3n) is 2.75. The summed E-state index contributed by atoms with van der Waals surface area (Å²) in [6.07, 6.45) is 0. The number of rotatable bonds is 4. The minimum Gasteiger partial charge on any atom is -0.305 e. The van der Waals surface area contributed by atoms with Crippen molar-refractivity contribution in [1.29, 1.82) is 0 Å². The van der Waals surface area contributed by atoms with Crippen LogP contribution in [0.2, 0.25) is 0 Å². The minimum absolute atomic E-state index is 0.380. The van der Waals surface area contributed by atoms with Crippen LogP contribution in [0.15, 0.2) is 40.9 Å². The molecule has 17 heavy (non-hydrogen) atoms. The third kappa shape index (κ3) is 3.66. The zero-order chi connectivity index (χ0) is 12.3. The van der Waals surface area contributed by atoms with E-state index in [0.717, 1.165) is 11.0 Å². The Morgan fingerprint density at radius 1 is 1.18 bits per heavy atom. The molecule has 0 saturated carbocycles. The van der Waals surface area contributed by atoms with Crippen molar-refractivity contribution in [1.82, 2.24) is 5.32 Å². The second-order valence-corrected chi connectivity index (χ2v) is 6.45. The molecular formula is C14H16BrNS. The summed E-state index contributed by atoms with van der Waals surface area (Å²) in [4.78, 5) is 2.77. The molecule has 1 heterocycles. The molecule has 0 amide bonds. The average molecular weight is 310 g/mol. The molecule has 0 aliphatic carbocycles. The molecule has 0 spiro atoms. The van der Waals surface area contributed by atoms with Crippen LogP contribution >= 0.6 is 27.3 Å². The number of hydrogen-bond acceptors (Lipinski definition) is 2. The van der Waals surface area contributed by atoms with Gasteiger partial charge in [0.25, 0.3) is 0 Å². The first-order chi connectivity index (χ1) is 8.15. The summed E-state index contributed by atoms with van der Waals surface area (Å²) in [5, 5.41) is 3.54. The molecule has 2 rings (SSSR count). The number of nitrogens with one attached hydrogen (secondary N) is 1. The Hall–Kier alpha value is -0.640. The van der Waals surface area contributed by atoms with E-state index in [1.165, 1.54) is 15.3 Å². The second kappa shape index (κ2) is 5.80. The van der Waals surface area contributed by atoms with Crippen LogP contribution in [0.5, 0.6) is 0 Å². The molecule has 1 N–H and O–H groups in total. The van der Waals surface area contributed by atoms with Gasteiger partial charge in [-0.1, -0.05) is 28.1 Å². The zero-order valence-corrected chi connectivity index (χ0v) is 12.4. The lowest BCUT2D eigenvalue weighted by Gasteiger charge is -2.13. The fraction of sp³-hybridized carbons (Fsp3) is 0.286. The van der Waals surface area contributed by atoms with E-state index in [4.69, 9.17) is 0 Å². The maximum absolute atomic E-state index is 3.54. The van der Waals surface area contributed by atoms with Crippen LogP contribution in [0, 0.1) is 6.92 Å². The molecule has 2 aromatic rings. The highest BCUT2D eigenvalue weighted by Gasteiger charge is 2.05. The van der Waals surface area contributed by atoms with Crippen LogP contribution in [-0.4, -0.2) is 0 Å². The van der Waals surface area contributed by atoms with Crippen molar-refractivity contribution in [2.45, 2.75) is 26.4 Å². The molecule has 3 heteroatoms. The first-order valence-corrected chi connectivity index (χ1v) is 7.30. The quantitative estimate of drug-likeness (QED) is 0.865. The molecular weight excluding hydrogens is 294 g/mol. The maximum Gasteiger partial charge on any atom is 0.0305 e. The highest BCUT2D eigenvalue weighted by Crippen LogP contribution is 2.19. The molecule has 1 aromatic carbocycles. The largest absolute Gasteiger partial charge is 0.305 e. The van der Waals surface area contributed by atoms with Gasteiger partial charge < -0.3 is 5.32 Å². The second-order valence-electron chi connectivity index (χ2n) is 4.17. The van der Waals surface area contributed by atoms with Crippen LogP contribution in [-0.2, 0) is 6.54 Å². The Kier molecular flexibility index (Phi) is 4.37. The fourth-order valence-electron chi connectivity index (χ4n) is 1.70. The summed E-state index contributed by atoms with van der Waals surface area (Å²) < 4.78 is 1.13. The molecule has 0 fully saturated rings. The zero-order valence-electron chi connectivity index (χ0n) is 10.0. The molecule has 0 aliphatic rings. The predicted molar refractivity (Wildman–Crippen MR) is 78.5 cm³/mol. The summed E-state index contributed by atoms with van der Waals surface area (Å²) in [6, 6.07) is 13.2. The van der Waals surface area contributed by atoms with E-state index in [-0.39, 0.29) is 0 Å². The van der Waals surface area contributed by atoms with Crippen molar-refractivity contribution in [3.8, 4) is 0 Å². The summed E-state index contributed by atoms with van der Waals surface area (Å²) in [5.41, 5.74) is 1.32. The summed E-state index contributed by atoms with van der Waals surface area (Å²) >= 11 is 5.31. The SMILES string of the molecule is Cc1ccc(CN[C@H](C)c2ccc(Br)cc2)s1. The van der Waals surface area contributed by atoms with Gasteiger partial charge in [0.15, 0.2) is 0 Å². The van der Waals surface area contributed by atoms with Gasteiger partial charge in [0.05, 0.1) is 0 Å². The van der Waals surface area contributed by atoms with Gasteiger partial charge in [0, 0.05) is 26.8 Å². The van der Waals surface area contributed by atoms with Crippen molar-refractivity contribution in [3.05, 3.63) is 56.2 Å². The topological polar surface area (TPSA) is 12.0 Å². The molecule has 0 aliphatic heterocycles. The summed E-state index contributed by atoms with van der Waals surface area (Å²) in [7, 11) is 0. The van der Waals surface area contributed by atoms with Crippen LogP contribution < -0.4 is 5.32 Å². The van der Waals surface area contributed by atoms with Crippen LogP contribution in [0.3, 0.4) is 0 Å². The number of benzene rings is 1. The van der Waals surface area contributed by atoms with Gasteiger partial charge in [0.2, 0.25) is 0 Å². The third-order valence-corrected chi connectivity index (χ3v) is 4.28. The smallest absolute Gasteiger partial charge is 0.0305 e. The molecule has 1 nitrogen and oxygen atoms in total. The lowest BCUT2D eigenvalue weighted by atomic mass is 10.1. The van der Waals surface area contributed by atoms with Gasteiger partial charge in [0.1, 0.15) is 0 Å². The van der Waals surface area contributed by atoms with Gasteiger partial charge >= 0.3 is 0 Å². The Labute approximate surface area is 115 Å². The van der Waals surface area contributed by atoms with Crippen LogP contribution in [0.4, 0.5) is 0 Å². The Bertz CT molecular complexity index is 475. The van der Waals surface area contributed by atoms with E-state index < -0.39 is 0 Å². The lowest BCUT2D eigenvalue weighted by Crippen LogP contribution is -2.17. The van der Waals surface area contributed by atoms with Gasteiger partial charge in [-0.3, -0.25) is 0 Å². The van der Waals surface area contributed by atoms with Crippen molar-refractivity contribution in [3.63, 3.8) is 0 Å². The Morgan fingerprint density at radius 2 is 1.88 bits per heavy atom. The Morgan fingerprint density at radius 3 is 2.47 bits per heavy atom. The Balaban J connectivity index is 1.93. The molecule has 1 aromatic heterocycles. The molecule has 0 radical (unpaired) electrons. The van der Waals surface area contributed by atoms with Gasteiger partial charge in [-0.25, -0.2) is 0 Å². The van der Waals surface area contributed by atoms with Crippen molar-refractivity contribution < 1.29 is 0 Å². The minimum atomic E-state index is 0.380. The van der Waals surface area contributed by atoms with E-state index >= 15 is 0 Å². The van der Waals surface area contributed by atoms with E-state index in [2.05, 4.69) is 71.5 Å². The molecule has 1 atom stereocenters. The van der Waals surface area contributed by atoms with E-state index in [0.29, 0.717) is 6.04 Å². The fourth-order valence-corrected chi connectivity index (χ4v) is 2.81. The summed E-state index contributed by atoms with van der Waals surface area (Å²) in [6.45, 7) is 5.28. The molecule has 90 valence electrons. The number of aryl methyl sites for hydroxylation is 1. The average Bonchev–Trinajstić information content (AvgIpc) is 2.73. The first kappa shape index (κ1) is 12.8. The normalized spacial score (nSPS) is 12.6. The molecule has 0 bridgehead atoms. The van der Waals surface area contributed by atoms with Crippen LogP contribution in [0.1, 0.15) is 28.3 Å². The molecule has 0 saturated heterocycles. The van der Waals surface area contributed by atoms with Gasteiger partial charge in [-0.2, -0.15) is 0 Å².